The summed E-state index contributed by atoms with van der Waals surface area (Å²) < 4.78 is 2.09. The van der Waals surface area contributed by atoms with Gasteiger partial charge in [0.05, 0.1) is 12.1 Å². The van der Waals surface area contributed by atoms with Crippen molar-refractivity contribution in [3.63, 3.8) is 0 Å². The number of nitrogens with zero attached hydrogens (tertiary/aromatic N) is 2. The van der Waals surface area contributed by atoms with Crippen LogP contribution in [0.15, 0.2) is 12.4 Å². The third-order valence-electron chi connectivity index (χ3n) is 4.15. The van der Waals surface area contributed by atoms with E-state index in [0.29, 0.717) is 5.88 Å². The Kier molecular flexibility index (Phi) is 2.47. The molecule has 0 radical (unpaired) electrons. The Morgan fingerprint density at radius 2 is 2.33 bits per heavy atom. The van der Waals surface area contributed by atoms with Crippen LogP contribution in [-0.2, 0) is 12.4 Å². The smallest absolute Gasteiger partial charge is 0.0533 e. The standard InChI is InChI=1S/C12H17ClN2/c13-5-10-6-14-15(7-10)8-12-4-9-1-2-11(12)3-9/h6-7,9,11-12H,1-5,8H2. The zero-order valence-corrected chi connectivity index (χ0v) is 9.66. The van der Waals surface area contributed by atoms with E-state index < -0.39 is 0 Å². The predicted molar refractivity (Wildman–Crippen MR) is 60.7 cm³/mol. The van der Waals surface area contributed by atoms with Crippen LogP contribution >= 0.6 is 11.6 Å². The molecule has 2 nitrogen and oxygen atoms in total. The van der Waals surface area contributed by atoms with E-state index >= 15 is 0 Å². The van der Waals surface area contributed by atoms with Gasteiger partial charge in [0.2, 0.25) is 0 Å². The maximum atomic E-state index is 5.77. The molecule has 0 aromatic carbocycles. The van der Waals surface area contributed by atoms with E-state index in [9.17, 15) is 0 Å². The molecule has 3 rings (SSSR count). The van der Waals surface area contributed by atoms with Gasteiger partial charge >= 0.3 is 0 Å². The highest BCUT2D eigenvalue weighted by atomic mass is 35.5. The lowest BCUT2D eigenvalue weighted by Gasteiger charge is -2.21. The number of halogens is 1. The van der Waals surface area contributed by atoms with E-state index in [1.807, 2.05) is 6.20 Å². The predicted octanol–water partition coefficient (Wildman–Crippen LogP) is 3.06. The van der Waals surface area contributed by atoms with E-state index in [2.05, 4.69) is 16.0 Å². The van der Waals surface area contributed by atoms with Crippen LogP contribution in [0, 0.1) is 17.8 Å². The summed E-state index contributed by atoms with van der Waals surface area (Å²) in [7, 11) is 0. The molecule has 2 fully saturated rings. The van der Waals surface area contributed by atoms with Crippen LogP contribution < -0.4 is 0 Å². The third-order valence-corrected chi connectivity index (χ3v) is 4.46. The highest BCUT2D eigenvalue weighted by molar-refractivity contribution is 6.17. The first-order valence-electron chi connectivity index (χ1n) is 5.92. The van der Waals surface area contributed by atoms with Gasteiger partial charge < -0.3 is 0 Å². The Morgan fingerprint density at radius 1 is 1.40 bits per heavy atom. The molecule has 3 heteroatoms. The SMILES string of the molecule is ClCc1cnn(CC2CC3CCC2C3)c1. The lowest BCUT2D eigenvalue weighted by Crippen LogP contribution is -2.17. The normalized spacial score (nSPS) is 33.8. The van der Waals surface area contributed by atoms with Crippen molar-refractivity contribution in [3.8, 4) is 0 Å². The second kappa shape index (κ2) is 3.82. The van der Waals surface area contributed by atoms with Crippen LogP contribution in [0.4, 0.5) is 0 Å². The van der Waals surface area contributed by atoms with Gasteiger partial charge in [-0.05, 0) is 37.0 Å². The number of fused-ring (bicyclic) bond motifs is 2. The molecule has 1 heterocycles. The van der Waals surface area contributed by atoms with Crippen LogP contribution in [0.25, 0.3) is 0 Å². The quantitative estimate of drug-likeness (QED) is 0.722. The van der Waals surface area contributed by atoms with Gasteiger partial charge in [-0.3, -0.25) is 4.68 Å². The summed E-state index contributed by atoms with van der Waals surface area (Å²) in [6, 6.07) is 0. The van der Waals surface area contributed by atoms with Crippen molar-refractivity contribution in [2.75, 3.05) is 0 Å². The Morgan fingerprint density at radius 3 is 2.93 bits per heavy atom. The van der Waals surface area contributed by atoms with Gasteiger partial charge in [0.15, 0.2) is 0 Å². The number of rotatable bonds is 3. The highest BCUT2D eigenvalue weighted by Crippen LogP contribution is 2.48. The Hall–Kier alpha value is -0.500. The molecule has 0 saturated heterocycles. The molecule has 2 aliphatic rings. The van der Waals surface area contributed by atoms with Crippen molar-refractivity contribution in [1.82, 2.24) is 9.78 Å². The zero-order valence-electron chi connectivity index (χ0n) is 8.90. The minimum atomic E-state index is 0.580. The van der Waals surface area contributed by atoms with Gasteiger partial charge in [0.1, 0.15) is 0 Å². The van der Waals surface area contributed by atoms with E-state index in [1.165, 1.54) is 25.7 Å². The zero-order chi connectivity index (χ0) is 10.3. The Labute approximate surface area is 95.6 Å². The molecule has 0 amide bonds. The minimum absolute atomic E-state index is 0.580. The number of hydrogen-bond acceptors (Lipinski definition) is 1. The molecule has 1 aromatic heterocycles. The van der Waals surface area contributed by atoms with Gasteiger partial charge in [-0.15, -0.1) is 11.6 Å². The summed E-state index contributed by atoms with van der Waals surface area (Å²) >= 11 is 5.77. The summed E-state index contributed by atoms with van der Waals surface area (Å²) in [5.41, 5.74) is 1.14. The fraction of sp³-hybridized carbons (Fsp3) is 0.750. The highest BCUT2D eigenvalue weighted by Gasteiger charge is 2.39. The van der Waals surface area contributed by atoms with Crippen molar-refractivity contribution >= 4 is 11.6 Å². The molecule has 2 aliphatic carbocycles. The monoisotopic (exact) mass is 224 g/mol. The summed E-state index contributed by atoms with van der Waals surface area (Å²) in [5.74, 6) is 3.48. The largest absolute Gasteiger partial charge is 0.272 e. The Balaban J connectivity index is 1.65. The first kappa shape index (κ1) is 9.71. The molecule has 0 spiro atoms. The van der Waals surface area contributed by atoms with Crippen LogP contribution in [0.2, 0.25) is 0 Å². The summed E-state index contributed by atoms with van der Waals surface area (Å²) in [6.45, 7) is 1.11. The molecule has 0 aliphatic heterocycles. The molecule has 3 atom stereocenters. The number of alkyl halides is 1. The average molecular weight is 225 g/mol. The summed E-state index contributed by atoms with van der Waals surface area (Å²) in [6.07, 6.45) is 9.83. The first-order valence-corrected chi connectivity index (χ1v) is 6.46. The Bertz CT molecular complexity index is 347. The summed E-state index contributed by atoms with van der Waals surface area (Å²) in [4.78, 5) is 0. The van der Waals surface area contributed by atoms with Crippen LogP contribution in [0.3, 0.4) is 0 Å². The van der Waals surface area contributed by atoms with Crippen LogP contribution in [-0.4, -0.2) is 9.78 Å². The third kappa shape index (κ3) is 1.80. The van der Waals surface area contributed by atoms with Crippen molar-refractivity contribution in [2.24, 2.45) is 17.8 Å². The average Bonchev–Trinajstić information content (AvgIpc) is 2.92. The molecule has 15 heavy (non-hydrogen) atoms. The number of hydrogen-bond donors (Lipinski definition) is 0. The molecular formula is C12H17ClN2. The van der Waals surface area contributed by atoms with Gasteiger partial charge in [-0.1, -0.05) is 6.42 Å². The second-order valence-corrected chi connectivity index (χ2v) is 5.41. The van der Waals surface area contributed by atoms with Crippen molar-refractivity contribution in [1.29, 1.82) is 0 Å². The molecule has 1 aromatic rings. The maximum absolute atomic E-state index is 5.77. The van der Waals surface area contributed by atoms with E-state index in [4.69, 9.17) is 11.6 Å². The molecule has 2 bridgehead atoms. The molecule has 0 N–H and O–H groups in total. The van der Waals surface area contributed by atoms with Crippen LogP contribution in [0.5, 0.6) is 0 Å². The van der Waals surface area contributed by atoms with E-state index in [-0.39, 0.29) is 0 Å². The van der Waals surface area contributed by atoms with Crippen LogP contribution in [0.1, 0.15) is 31.2 Å². The molecule has 3 unspecified atom stereocenters. The summed E-state index contributed by atoms with van der Waals surface area (Å²) in [5, 5.41) is 4.37. The van der Waals surface area contributed by atoms with Crippen molar-refractivity contribution in [2.45, 2.75) is 38.1 Å². The molecular weight excluding hydrogens is 208 g/mol. The van der Waals surface area contributed by atoms with E-state index in [0.717, 1.165) is 29.9 Å². The first-order chi connectivity index (χ1) is 7.35. The fourth-order valence-electron chi connectivity index (χ4n) is 3.42. The van der Waals surface area contributed by atoms with Gasteiger partial charge in [0, 0.05) is 18.3 Å². The van der Waals surface area contributed by atoms with Gasteiger partial charge in [-0.25, -0.2) is 0 Å². The lowest BCUT2D eigenvalue weighted by atomic mass is 9.89. The maximum Gasteiger partial charge on any atom is 0.0533 e. The molecule has 2 saturated carbocycles. The topological polar surface area (TPSA) is 17.8 Å². The second-order valence-electron chi connectivity index (χ2n) is 5.14. The van der Waals surface area contributed by atoms with Gasteiger partial charge in [0.25, 0.3) is 0 Å². The number of aromatic nitrogens is 2. The minimum Gasteiger partial charge on any atom is -0.272 e. The van der Waals surface area contributed by atoms with Crippen molar-refractivity contribution < 1.29 is 0 Å². The molecule has 82 valence electrons. The van der Waals surface area contributed by atoms with E-state index in [1.54, 1.807) is 0 Å². The van der Waals surface area contributed by atoms with Gasteiger partial charge in [-0.2, -0.15) is 5.10 Å². The lowest BCUT2D eigenvalue weighted by molar-refractivity contribution is 0.285. The fourth-order valence-corrected chi connectivity index (χ4v) is 3.55. The van der Waals surface area contributed by atoms with Crippen molar-refractivity contribution in [3.05, 3.63) is 18.0 Å².